The highest BCUT2D eigenvalue weighted by molar-refractivity contribution is 9.10. The number of nitrogens with one attached hydrogen (secondary N) is 1. The number of carbonyl (C=O) groups is 2. The Labute approximate surface area is 134 Å². The zero-order chi connectivity index (χ0) is 16.5. The molecule has 0 saturated carbocycles. The minimum Gasteiger partial charge on any atom is -0.481 e. The van der Waals surface area contributed by atoms with Gasteiger partial charge in [-0.05, 0) is 31.0 Å². The van der Waals surface area contributed by atoms with Gasteiger partial charge in [-0.2, -0.15) is 8.78 Å². The van der Waals surface area contributed by atoms with Gasteiger partial charge in [-0.25, -0.2) is 0 Å². The third-order valence-corrected chi connectivity index (χ3v) is 3.25. The lowest BCUT2D eigenvalue weighted by Gasteiger charge is -2.12. The summed E-state index contributed by atoms with van der Waals surface area (Å²) in [5, 5.41) is 11.1. The van der Waals surface area contributed by atoms with E-state index in [0.717, 1.165) is 0 Å². The molecule has 0 bridgehead atoms. The molecule has 8 heteroatoms. The first-order valence-corrected chi connectivity index (χ1v) is 7.39. The van der Waals surface area contributed by atoms with E-state index in [-0.39, 0.29) is 31.0 Å². The van der Waals surface area contributed by atoms with Crippen molar-refractivity contribution in [2.75, 3.05) is 0 Å². The van der Waals surface area contributed by atoms with Gasteiger partial charge in [0, 0.05) is 29.4 Å². The van der Waals surface area contributed by atoms with E-state index >= 15 is 0 Å². The maximum absolute atomic E-state index is 12.3. The lowest BCUT2D eigenvalue weighted by Crippen LogP contribution is -2.23. The van der Waals surface area contributed by atoms with Crippen LogP contribution in [0.5, 0.6) is 5.75 Å². The number of ether oxygens (including phenoxy) is 1. The Bertz CT molecular complexity index is 526. The number of halogens is 3. The van der Waals surface area contributed by atoms with Gasteiger partial charge in [-0.15, -0.1) is 0 Å². The molecule has 1 aromatic rings. The average Bonchev–Trinajstić information content (AvgIpc) is 2.43. The number of benzene rings is 1. The fourth-order valence-electron chi connectivity index (χ4n) is 1.74. The lowest BCUT2D eigenvalue weighted by molar-refractivity contribution is -0.137. The molecule has 0 aliphatic carbocycles. The summed E-state index contributed by atoms with van der Waals surface area (Å²) in [7, 11) is 0. The fourth-order valence-corrected chi connectivity index (χ4v) is 2.15. The molecule has 1 aromatic carbocycles. The number of carboxylic acid groups (broad SMARTS) is 1. The fraction of sp³-hybridized carbons (Fsp3) is 0.429. The zero-order valence-electron chi connectivity index (χ0n) is 11.7. The lowest BCUT2D eigenvalue weighted by atomic mass is 10.1. The molecule has 2 N–H and O–H groups in total. The SMILES string of the molecule is O=C(O)CCCCC(=O)NCc1cc(Br)ccc1OC(F)F. The minimum atomic E-state index is -2.94. The van der Waals surface area contributed by atoms with Gasteiger partial charge in [-0.3, -0.25) is 9.59 Å². The van der Waals surface area contributed by atoms with Crippen molar-refractivity contribution in [1.29, 1.82) is 0 Å². The smallest absolute Gasteiger partial charge is 0.387 e. The summed E-state index contributed by atoms with van der Waals surface area (Å²) < 4.78 is 29.7. The van der Waals surface area contributed by atoms with Crippen LogP contribution in [0.1, 0.15) is 31.2 Å². The first-order valence-electron chi connectivity index (χ1n) is 6.60. The van der Waals surface area contributed by atoms with Gasteiger partial charge in [0.25, 0.3) is 0 Å². The molecule has 22 heavy (non-hydrogen) atoms. The number of unbranched alkanes of at least 4 members (excludes halogenated alkanes) is 1. The highest BCUT2D eigenvalue weighted by Crippen LogP contribution is 2.24. The van der Waals surface area contributed by atoms with E-state index in [4.69, 9.17) is 5.11 Å². The molecule has 1 rings (SSSR count). The van der Waals surface area contributed by atoms with E-state index in [9.17, 15) is 18.4 Å². The number of alkyl halides is 2. The van der Waals surface area contributed by atoms with Crippen LogP contribution in [-0.4, -0.2) is 23.6 Å². The van der Waals surface area contributed by atoms with Crippen molar-refractivity contribution in [3.8, 4) is 5.75 Å². The number of carboxylic acids is 1. The monoisotopic (exact) mass is 379 g/mol. The van der Waals surface area contributed by atoms with E-state index < -0.39 is 12.6 Å². The van der Waals surface area contributed by atoms with Gasteiger partial charge >= 0.3 is 12.6 Å². The van der Waals surface area contributed by atoms with Crippen LogP contribution in [0.25, 0.3) is 0 Å². The second kappa shape index (κ2) is 9.34. The van der Waals surface area contributed by atoms with E-state index in [1.165, 1.54) is 6.07 Å². The number of hydrogen-bond acceptors (Lipinski definition) is 3. The van der Waals surface area contributed by atoms with E-state index in [0.29, 0.717) is 22.9 Å². The number of rotatable bonds is 9. The van der Waals surface area contributed by atoms with Gasteiger partial charge in [0.1, 0.15) is 5.75 Å². The second-order valence-corrected chi connectivity index (χ2v) is 5.42. The average molecular weight is 380 g/mol. The number of amides is 1. The summed E-state index contributed by atoms with van der Waals surface area (Å²) in [6.07, 6.45) is 1.08. The second-order valence-electron chi connectivity index (χ2n) is 4.51. The highest BCUT2D eigenvalue weighted by Gasteiger charge is 2.11. The molecule has 0 unspecified atom stereocenters. The highest BCUT2D eigenvalue weighted by atomic mass is 79.9. The van der Waals surface area contributed by atoms with Crippen molar-refractivity contribution >= 4 is 27.8 Å². The van der Waals surface area contributed by atoms with Crippen molar-refractivity contribution in [3.05, 3.63) is 28.2 Å². The summed E-state index contributed by atoms with van der Waals surface area (Å²) in [6.45, 7) is -2.88. The minimum absolute atomic E-state index is 0.00405. The van der Waals surface area contributed by atoms with Crippen LogP contribution < -0.4 is 10.1 Å². The zero-order valence-corrected chi connectivity index (χ0v) is 13.2. The maximum atomic E-state index is 12.3. The van der Waals surface area contributed by atoms with Gasteiger partial charge in [0.05, 0.1) is 0 Å². The Morgan fingerprint density at radius 2 is 1.95 bits per heavy atom. The van der Waals surface area contributed by atoms with E-state index in [2.05, 4.69) is 26.0 Å². The molecule has 1 amide bonds. The van der Waals surface area contributed by atoms with Crippen molar-refractivity contribution in [1.82, 2.24) is 5.32 Å². The molecule has 122 valence electrons. The number of carbonyl (C=O) groups excluding carboxylic acids is 1. The molecule has 0 spiro atoms. The van der Waals surface area contributed by atoms with Gasteiger partial charge in [-0.1, -0.05) is 15.9 Å². The van der Waals surface area contributed by atoms with Crippen molar-refractivity contribution in [3.63, 3.8) is 0 Å². The van der Waals surface area contributed by atoms with E-state index in [1.807, 2.05) is 0 Å². The Morgan fingerprint density at radius 3 is 2.59 bits per heavy atom. The van der Waals surface area contributed by atoms with Crippen molar-refractivity contribution in [2.24, 2.45) is 0 Å². The molecular weight excluding hydrogens is 364 g/mol. The summed E-state index contributed by atoms with van der Waals surface area (Å²) in [6, 6.07) is 4.54. The number of aliphatic carboxylic acids is 1. The van der Waals surface area contributed by atoms with Crippen LogP contribution in [0.15, 0.2) is 22.7 Å². The van der Waals surface area contributed by atoms with Crippen LogP contribution in [0, 0.1) is 0 Å². The maximum Gasteiger partial charge on any atom is 0.387 e. The first kappa shape index (κ1) is 18.3. The Hall–Kier alpha value is -1.70. The molecule has 0 saturated heterocycles. The van der Waals surface area contributed by atoms with Gasteiger partial charge in [0.2, 0.25) is 5.91 Å². The van der Waals surface area contributed by atoms with Crippen LogP contribution in [0.2, 0.25) is 0 Å². The Kier molecular flexibility index (Phi) is 7.79. The van der Waals surface area contributed by atoms with Gasteiger partial charge in [0.15, 0.2) is 0 Å². The topological polar surface area (TPSA) is 75.6 Å². The predicted octanol–water partition coefficient (Wildman–Crippen LogP) is 3.31. The standard InChI is InChI=1S/C14H16BrF2NO4/c15-10-5-6-11(22-14(16)17)9(7-10)8-18-12(19)3-1-2-4-13(20)21/h5-7,14H,1-4,8H2,(H,18,19)(H,20,21). The number of hydrogen-bond donors (Lipinski definition) is 2. The molecule has 0 aliphatic heterocycles. The quantitative estimate of drug-likeness (QED) is 0.645. The molecule has 0 aromatic heterocycles. The molecular formula is C14H16BrF2NO4. The predicted molar refractivity (Wildman–Crippen MR) is 78.7 cm³/mol. The van der Waals surface area contributed by atoms with Gasteiger partial charge < -0.3 is 15.2 Å². The van der Waals surface area contributed by atoms with Crippen LogP contribution in [0.3, 0.4) is 0 Å². The summed E-state index contributed by atoms with van der Waals surface area (Å²) in [4.78, 5) is 22.0. The molecule has 0 radical (unpaired) electrons. The van der Waals surface area contributed by atoms with E-state index in [1.54, 1.807) is 12.1 Å². The van der Waals surface area contributed by atoms with Crippen LogP contribution in [0.4, 0.5) is 8.78 Å². The summed E-state index contributed by atoms with van der Waals surface area (Å²) in [5.74, 6) is -1.17. The largest absolute Gasteiger partial charge is 0.481 e. The van der Waals surface area contributed by atoms with Crippen LogP contribution >= 0.6 is 15.9 Å². The Morgan fingerprint density at radius 1 is 1.27 bits per heavy atom. The van der Waals surface area contributed by atoms with Crippen LogP contribution in [-0.2, 0) is 16.1 Å². The molecule has 0 fully saturated rings. The van der Waals surface area contributed by atoms with Crippen molar-refractivity contribution < 1.29 is 28.2 Å². The summed E-state index contributed by atoms with van der Waals surface area (Å²) >= 11 is 3.22. The summed E-state index contributed by atoms with van der Waals surface area (Å²) in [5.41, 5.74) is 0.425. The molecule has 0 aliphatic rings. The third kappa shape index (κ3) is 7.35. The third-order valence-electron chi connectivity index (χ3n) is 2.76. The van der Waals surface area contributed by atoms with Crippen molar-refractivity contribution in [2.45, 2.75) is 38.8 Å². The molecule has 5 nitrogen and oxygen atoms in total. The molecule has 0 atom stereocenters. The Balaban J connectivity index is 2.47. The first-order chi connectivity index (χ1) is 10.4. The molecule has 0 heterocycles. The normalized spacial score (nSPS) is 10.5.